The van der Waals surface area contributed by atoms with Crippen LogP contribution in [0, 0.1) is 0 Å². The van der Waals surface area contributed by atoms with E-state index in [1.807, 2.05) is 37.8 Å². The average Bonchev–Trinajstić information content (AvgIpc) is 2.52. The number of nitrogen functional groups attached to an aromatic ring is 1. The minimum Gasteiger partial charge on any atom is -0.496 e. The monoisotopic (exact) mass is 334 g/mol. The van der Waals surface area contributed by atoms with E-state index in [2.05, 4.69) is 0 Å². The molecule has 0 atom stereocenters. The molecule has 2 rings (SSSR count). The van der Waals surface area contributed by atoms with Gasteiger partial charge in [0.1, 0.15) is 11.4 Å². The highest BCUT2D eigenvalue weighted by atomic mass is 16.6. The summed E-state index contributed by atoms with van der Waals surface area (Å²) in [5.74, 6) is 0.744. The molecule has 1 aromatic rings. The maximum atomic E-state index is 12.8. The van der Waals surface area contributed by atoms with Gasteiger partial charge in [-0.1, -0.05) is 19.3 Å². The van der Waals surface area contributed by atoms with Gasteiger partial charge in [0.05, 0.1) is 13.7 Å². The zero-order valence-corrected chi connectivity index (χ0v) is 15.3. The molecule has 0 spiro atoms. The SMILES string of the molecule is COc1ccc(N)cc1CN(C(=O)OC(C)(C)C)C1CCCCC1. The molecule has 1 fully saturated rings. The second-order valence-corrected chi connectivity index (χ2v) is 7.47. The van der Waals surface area contributed by atoms with Crippen LogP contribution in [0.3, 0.4) is 0 Å². The lowest BCUT2D eigenvalue weighted by Crippen LogP contribution is -2.43. The predicted octanol–water partition coefficient (Wildman–Crippen LogP) is 4.35. The summed E-state index contributed by atoms with van der Waals surface area (Å²) >= 11 is 0. The molecule has 0 aromatic heterocycles. The highest BCUT2D eigenvalue weighted by Gasteiger charge is 2.30. The number of benzene rings is 1. The summed E-state index contributed by atoms with van der Waals surface area (Å²) in [6.45, 7) is 6.13. The van der Waals surface area contributed by atoms with Gasteiger partial charge in [0, 0.05) is 17.3 Å². The average molecular weight is 334 g/mol. The van der Waals surface area contributed by atoms with E-state index in [1.54, 1.807) is 13.2 Å². The molecular weight excluding hydrogens is 304 g/mol. The number of ether oxygens (including phenoxy) is 2. The maximum Gasteiger partial charge on any atom is 0.410 e. The number of rotatable bonds is 4. The first kappa shape index (κ1) is 18.4. The van der Waals surface area contributed by atoms with Crippen LogP contribution in [0.15, 0.2) is 18.2 Å². The Hall–Kier alpha value is -1.91. The van der Waals surface area contributed by atoms with Crippen molar-refractivity contribution in [2.45, 2.75) is 71.1 Å². The predicted molar refractivity (Wildman–Crippen MR) is 96.1 cm³/mol. The van der Waals surface area contributed by atoms with Crippen molar-refractivity contribution in [1.82, 2.24) is 4.90 Å². The number of amides is 1. The van der Waals surface area contributed by atoms with Crippen molar-refractivity contribution in [1.29, 1.82) is 0 Å². The van der Waals surface area contributed by atoms with Crippen LogP contribution < -0.4 is 10.5 Å². The maximum absolute atomic E-state index is 12.8. The van der Waals surface area contributed by atoms with E-state index in [9.17, 15) is 4.79 Å². The standard InChI is InChI=1S/C19H30N2O3/c1-19(2,3)24-18(22)21(16-8-6-5-7-9-16)13-14-12-15(20)10-11-17(14)23-4/h10-12,16H,5-9,13,20H2,1-4H3. The fourth-order valence-corrected chi connectivity index (χ4v) is 3.16. The molecule has 134 valence electrons. The molecule has 0 aliphatic heterocycles. The molecule has 24 heavy (non-hydrogen) atoms. The number of anilines is 1. The second-order valence-electron chi connectivity index (χ2n) is 7.47. The highest BCUT2D eigenvalue weighted by Crippen LogP contribution is 2.29. The number of carbonyl (C=O) groups excluding carboxylic acids is 1. The topological polar surface area (TPSA) is 64.8 Å². The van der Waals surface area contributed by atoms with Crippen LogP contribution in [0.5, 0.6) is 5.75 Å². The lowest BCUT2D eigenvalue weighted by atomic mass is 9.94. The van der Waals surface area contributed by atoms with Gasteiger partial charge < -0.3 is 20.1 Å². The Balaban J connectivity index is 2.25. The number of hydrogen-bond acceptors (Lipinski definition) is 4. The Kier molecular flexibility index (Phi) is 5.97. The molecule has 0 saturated heterocycles. The van der Waals surface area contributed by atoms with Gasteiger partial charge in [-0.25, -0.2) is 4.79 Å². The molecule has 0 radical (unpaired) electrons. The summed E-state index contributed by atoms with van der Waals surface area (Å²) < 4.78 is 11.1. The molecule has 5 nitrogen and oxygen atoms in total. The van der Waals surface area contributed by atoms with E-state index in [0.717, 1.165) is 37.0 Å². The third-order valence-corrected chi connectivity index (χ3v) is 4.29. The van der Waals surface area contributed by atoms with Gasteiger partial charge in [0.2, 0.25) is 0 Å². The van der Waals surface area contributed by atoms with Crippen molar-refractivity contribution in [2.24, 2.45) is 0 Å². The lowest BCUT2D eigenvalue weighted by molar-refractivity contribution is 0.00975. The number of nitrogens with zero attached hydrogens (tertiary/aromatic N) is 1. The minimum absolute atomic E-state index is 0.208. The number of hydrogen-bond donors (Lipinski definition) is 1. The molecular formula is C19H30N2O3. The fraction of sp³-hybridized carbons (Fsp3) is 0.632. The Labute approximate surface area is 145 Å². The van der Waals surface area contributed by atoms with Gasteiger partial charge >= 0.3 is 6.09 Å². The zero-order chi connectivity index (χ0) is 17.7. The molecule has 1 aromatic carbocycles. The summed E-state index contributed by atoms with van der Waals surface area (Å²) in [7, 11) is 1.63. The summed E-state index contributed by atoms with van der Waals surface area (Å²) in [6, 6.07) is 5.73. The van der Waals surface area contributed by atoms with Crippen LogP contribution in [-0.4, -0.2) is 29.7 Å². The van der Waals surface area contributed by atoms with Gasteiger partial charge in [0.25, 0.3) is 0 Å². The normalized spacial score (nSPS) is 15.8. The van der Waals surface area contributed by atoms with E-state index >= 15 is 0 Å². The molecule has 1 saturated carbocycles. The minimum atomic E-state index is -0.510. The molecule has 2 N–H and O–H groups in total. The molecule has 0 heterocycles. The van der Waals surface area contributed by atoms with Crippen molar-refractivity contribution in [3.8, 4) is 5.75 Å². The highest BCUT2D eigenvalue weighted by molar-refractivity contribution is 5.69. The van der Waals surface area contributed by atoms with Crippen LogP contribution in [0.4, 0.5) is 10.5 Å². The van der Waals surface area contributed by atoms with E-state index < -0.39 is 5.60 Å². The van der Waals surface area contributed by atoms with E-state index in [-0.39, 0.29) is 12.1 Å². The number of methoxy groups -OCH3 is 1. The van der Waals surface area contributed by atoms with E-state index in [1.165, 1.54) is 6.42 Å². The summed E-state index contributed by atoms with van der Waals surface area (Å²) in [6.07, 6.45) is 5.31. The van der Waals surface area contributed by atoms with Gasteiger partial charge in [-0.05, 0) is 51.8 Å². The number of nitrogens with two attached hydrogens (primary N) is 1. The van der Waals surface area contributed by atoms with Crippen LogP contribution in [-0.2, 0) is 11.3 Å². The van der Waals surface area contributed by atoms with Crippen LogP contribution in [0.1, 0.15) is 58.4 Å². The van der Waals surface area contributed by atoms with Crippen LogP contribution in [0.2, 0.25) is 0 Å². The van der Waals surface area contributed by atoms with Gasteiger partial charge in [-0.15, -0.1) is 0 Å². The summed E-state index contributed by atoms with van der Waals surface area (Å²) in [5, 5.41) is 0. The molecule has 0 unspecified atom stereocenters. The van der Waals surface area contributed by atoms with Crippen LogP contribution in [0.25, 0.3) is 0 Å². The van der Waals surface area contributed by atoms with Crippen LogP contribution >= 0.6 is 0 Å². The lowest BCUT2D eigenvalue weighted by Gasteiger charge is -2.36. The molecule has 5 heteroatoms. The fourth-order valence-electron chi connectivity index (χ4n) is 3.16. The third kappa shape index (κ3) is 5.05. The Bertz CT molecular complexity index is 560. The largest absolute Gasteiger partial charge is 0.496 e. The first-order valence-corrected chi connectivity index (χ1v) is 8.72. The molecule has 0 bridgehead atoms. The van der Waals surface area contributed by atoms with E-state index in [4.69, 9.17) is 15.2 Å². The molecule has 1 aliphatic rings. The first-order chi connectivity index (χ1) is 11.3. The summed E-state index contributed by atoms with van der Waals surface area (Å²) in [5.41, 5.74) is 6.99. The van der Waals surface area contributed by atoms with Crippen molar-refractivity contribution >= 4 is 11.8 Å². The Morgan fingerprint density at radius 1 is 1.25 bits per heavy atom. The quantitative estimate of drug-likeness (QED) is 0.832. The van der Waals surface area contributed by atoms with Gasteiger partial charge in [0.15, 0.2) is 0 Å². The van der Waals surface area contributed by atoms with Crippen molar-refractivity contribution < 1.29 is 14.3 Å². The third-order valence-electron chi connectivity index (χ3n) is 4.29. The second kappa shape index (κ2) is 7.77. The smallest absolute Gasteiger partial charge is 0.410 e. The Morgan fingerprint density at radius 2 is 1.92 bits per heavy atom. The summed E-state index contributed by atoms with van der Waals surface area (Å²) in [4.78, 5) is 14.6. The Morgan fingerprint density at radius 3 is 2.50 bits per heavy atom. The first-order valence-electron chi connectivity index (χ1n) is 8.72. The van der Waals surface area contributed by atoms with Crippen molar-refractivity contribution in [2.75, 3.05) is 12.8 Å². The van der Waals surface area contributed by atoms with Gasteiger partial charge in [-0.3, -0.25) is 0 Å². The zero-order valence-electron chi connectivity index (χ0n) is 15.3. The van der Waals surface area contributed by atoms with Crippen molar-refractivity contribution in [3.63, 3.8) is 0 Å². The van der Waals surface area contributed by atoms with E-state index in [0.29, 0.717) is 12.2 Å². The van der Waals surface area contributed by atoms with Crippen molar-refractivity contribution in [3.05, 3.63) is 23.8 Å². The number of carbonyl (C=O) groups is 1. The molecule has 1 aliphatic carbocycles. The van der Waals surface area contributed by atoms with Gasteiger partial charge in [-0.2, -0.15) is 0 Å². The molecule has 1 amide bonds.